The van der Waals surface area contributed by atoms with Gasteiger partial charge in [-0.1, -0.05) is 12.2 Å². The van der Waals surface area contributed by atoms with Gasteiger partial charge in [-0.05, 0) is 34.1 Å². The van der Waals surface area contributed by atoms with Crippen LogP contribution in [0.15, 0.2) is 24.8 Å². The molecule has 0 radical (unpaired) electrons. The van der Waals surface area contributed by atoms with Crippen LogP contribution in [0.3, 0.4) is 0 Å². The molecule has 0 aromatic heterocycles. The molecule has 114 valence electrons. The van der Waals surface area contributed by atoms with Gasteiger partial charge in [-0.2, -0.15) is 0 Å². The van der Waals surface area contributed by atoms with Crippen molar-refractivity contribution < 1.29 is 19.1 Å². The Hall–Kier alpha value is -1.78. The zero-order valence-electron chi connectivity index (χ0n) is 12.8. The van der Waals surface area contributed by atoms with Crippen molar-refractivity contribution in [3.05, 3.63) is 24.8 Å². The maximum atomic E-state index is 12.0. The summed E-state index contributed by atoms with van der Waals surface area (Å²) in [5, 5.41) is 0. The third kappa shape index (κ3) is 9.19. The molecular formula is C15H25NO4. The summed E-state index contributed by atoms with van der Waals surface area (Å²) in [5.74, 6) is -0.416. The highest BCUT2D eigenvalue weighted by Gasteiger charge is 2.20. The lowest BCUT2D eigenvalue weighted by Gasteiger charge is -2.26. The number of esters is 1. The van der Waals surface area contributed by atoms with Crippen molar-refractivity contribution in [3.63, 3.8) is 0 Å². The van der Waals surface area contributed by atoms with Crippen LogP contribution in [-0.2, 0) is 14.3 Å². The van der Waals surface area contributed by atoms with Crippen molar-refractivity contribution in [2.75, 3.05) is 19.7 Å². The molecule has 0 heterocycles. The van der Waals surface area contributed by atoms with E-state index in [1.54, 1.807) is 19.1 Å². The summed E-state index contributed by atoms with van der Waals surface area (Å²) in [5.41, 5.74) is -0.547. The second-order valence-corrected chi connectivity index (χ2v) is 5.16. The summed E-state index contributed by atoms with van der Waals surface area (Å²) in [4.78, 5) is 24.7. The summed E-state index contributed by atoms with van der Waals surface area (Å²) >= 11 is 0. The van der Waals surface area contributed by atoms with Crippen molar-refractivity contribution >= 4 is 12.1 Å². The molecule has 5 nitrogen and oxygen atoms in total. The highest BCUT2D eigenvalue weighted by atomic mass is 16.6. The van der Waals surface area contributed by atoms with Gasteiger partial charge in [0, 0.05) is 19.2 Å². The summed E-state index contributed by atoms with van der Waals surface area (Å²) in [6.07, 6.45) is 4.88. The van der Waals surface area contributed by atoms with Gasteiger partial charge in [0.2, 0.25) is 0 Å². The molecule has 0 N–H and O–H groups in total. The Balaban J connectivity index is 4.52. The van der Waals surface area contributed by atoms with Crippen molar-refractivity contribution in [2.24, 2.45) is 0 Å². The fourth-order valence-corrected chi connectivity index (χ4v) is 1.30. The van der Waals surface area contributed by atoms with Gasteiger partial charge in [-0.3, -0.25) is 0 Å². The first-order chi connectivity index (χ1) is 9.30. The molecule has 0 atom stereocenters. The van der Waals surface area contributed by atoms with Gasteiger partial charge in [0.15, 0.2) is 0 Å². The number of ether oxygens (including phenoxy) is 2. The smallest absolute Gasteiger partial charge is 0.410 e. The highest BCUT2D eigenvalue weighted by Crippen LogP contribution is 2.10. The molecule has 0 aliphatic carbocycles. The number of carbonyl (C=O) groups is 2. The van der Waals surface area contributed by atoms with E-state index in [0.29, 0.717) is 26.1 Å². The Morgan fingerprint density at radius 3 is 2.45 bits per heavy atom. The molecule has 0 spiro atoms. The molecule has 1 amide bonds. The summed E-state index contributed by atoms with van der Waals surface area (Å²) in [6, 6.07) is 0. The average Bonchev–Trinajstić information content (AvgIpc) is 2.31. The Morgan fingerprint density at radius 2 is 1.95 bits per heavy atom. The molecule has 0 aromatic carbocycles. The third-order valence-electron chi connectivity index (χ3n) is 2.12. The molecule has 0 aliphatic heterocycles. The second-order valence-electron chi connectivity index (χ2n) is 5.16. The van der Waals surface area contributed by atoms with Crippen LogP contribution in [0.5, 0.6) is 0 Å². The van der Waals surface area contributed by atoms with Gasteiger partial charge >= 0.3 is 12.1 Å². The van der Waals surface area contributed by atoms with Crippen molar-refractivity contribution in [1.82, 2.24) is 4.90 Å². The normalized spacial score (nSPS) is 11.2. The fourth-order valence-electron chi connectivity index (χ4n) is 1.30. The fraction of sp³-hybridized carbons (Fsp3) is 0.600. The summed E-state index contributed by atoms with van der Waals surface area (Å²) in [6.45, 7) is 11.9. The Bertz CT molecular complexity index is 355. The SMILES string of the molecule is C=CCCN(C/C=C/C(=O)OCC)C(=O)OC(C)(C)C. The minimum absolute atomic E-state index is 0.293. The van der Waals surface area contributed by atoms with Crippen LogP contribution in [0.2, 0.25) is 0 Å². The number of nitrogens with zero attached hydrogens (tertiary/aromatic N) is 1. The van der Waals surface area contributed by atoms with E-state index in [1.807, 2.05) is 20.8 Å². The molecule has 0 rings (SSSR count). The zero-order valence-corrected chi connectivity index (χ0v) is 12.8. The second kappa shape index (κ2) is 9.18. The van der Waals surface area contributed by atoms with Crippen molar-refractivity contribution in [3.8, 4) is 0 Å². The number of hydrogen-bond acceptors (Lipinski definition) is 4. The summed E-state index contributed by atoms with van der Waals surface area (Å²) < 4.78 is 10.1. The molecule has 5 heteroatoms. The molecule has 20 heavy (non-hydrogen) atoms. The Kier molecular flexibility index (Phi) is 8.36. The number of hydrogen-bond donors (Lipinski definition) is 0. The predicted molar refractivity (Wildman–Crippen MR) is 78.4 cm³/mol. The van der Waals surface area contributed by atoms with E-state index >= 15 is 0 Å². The quantitative estimate of drug-likeness (QED) is 0.409. The molecule has 0 fully saturated rings. The lowest BCUT2D eigenvalue weighted by Crippen LogP contribution is -2.37. The van der Waals surface area contributed by atoms with Gasteiger partial charge in [-0.25, -0.2) is 9.59 Å². The van der Waals surface area contributed by atoms with Gasteiger partial charge in [0.05, 0.1) is 6.61 Å². The van der Waals surface area contributed by atoms with Gasteiger partial charge in [-0.15, -0.1) is 6.58 Å². The minimum Gasteiger partial charge on any atom is -0.463 e. The zero-order chi connectivity index (χ0) is 15.6. The van der Waals surface area contributed by atoms with Crippen LogP contribution in [0.4, 0.5) is 4.79 Å². The Labute approximate surface area is 121 Å². The lowest BCUT2D eigenvalue weighted by molar-refractivity contribution is -0.137. The first-order valence-electron chi connectivity index (χ1n) is 6.72. The standard InChI is InChI=1S/C15H25NO4/c1-6-8-11-16(14(18)20-15(3,4)5)12-9-10-13(17)19-7-2/h6,9-10H,1,7-8,11-12H2,2-5H3/b10-9+. The highest BCUT2D eigenvalue weighted by molar-refractivity contribution is 5.82. The van der Waals surface area contributed by atoms with Gasteiger partial charge in [0.1, 0.15) is 5.60 Å². The van der Waals surface area contributed by atoms with Gasteiger partial charge < -0.3 is 14.4 Å². The first kappa shape index (κ1) is 18.2. The number of carbonyl (C=O) groups excluding carboxylic acids is 2. The van der Waals surface area contributed by atoms with Crippen molar-refractivity contribution in [1.29, 1.82) is 0 Å². The van der Waals surface area contributed by atoms with Crippen LogP contribution in [-0.4, -0.2) is 42.3 Å². The van der Waals surface area contributed by atoms with E-state index < -0.39 is 17.7 Å². The van der Waals surface area contributed by atoms with Gasteiger partial charge in [0.25, 0.3) is 0 Å². The maximum absolute atomic E-state index is 12.0. The molecule has 0 saturated carbocycles. The first-order valence-corrected chi connectivity index (χ1v) is 6.72. The van der Waals surface area contributed by atoms with E-state index in [-0.39, 0.29) is 0 Å². The molecule has 0 saturated heterocycles. The Morgan fingerprint density at radius 1 is 1.30 bits per heavy atom. The van der Waals surface area contributed by atoms with E-state index in [0.717, 1.165) is 0 Å². The minimum atomic E-state index is -0.547. The predicted octanol–water partition coefficient (Wildman–Crippen LogP) is 2.92. The van der Waals surface area contributed by atoms with E-state index in [2.05, 4.69) is 6.58 Å². The van der Waals surface area contributed by atoms with Crippen LogP contribution in [0.25, 0.3) is 0 Å². The maximum Gasteiger partial charge on any atom is 0.410 e. The number of amides is 1. The largest absolute Gasteiger partial charge is 0.463 e. The van der Waals surface area contributed by atoms with Crippen LogP contribution in [0.1, 0.15) is 34.1 Å². The van der Waals surface area contributed by atoms with Crippen molar-refractivity contribution in [2.45, 2.75) is 39.7 Å². The van der Waals surface area contributed by atoms with E-state index in [4.69, 9.17) is 9.47 Å². The third-order valence-corrected chi connectivity index (χ3v) is 2.12. The average molecular weight is 283 g/mol. The molecule has 0 bridgehead atoms. The van der Waals surface area contributed by atoms with E-state index in [9.17, 15) is 9.59 Å². The lowest BCUT2D eigenvalue weighted by atomic mass is 10.2. The monoisotopic (exact) mass is 283 g/mol. The molecule has 0 unspecified atom stereocenters. The topological polar surface area (TPSA) is 55.8 Å². The number of rotatable bonds is 7. The summed E-state index contributed by atoms with van der Waals surface area (Å²) in [7, 11) is 0. The van der Waals surface area contributed by atoms with E-state index in [1.165, 1.54) is 11.0 Å². The van der Waals surface area contributed by atoms with Crippen LogP contribution >= 0.6 is 0 Å². The molecule has 0 aliphatic rings. The molecular weight excluding hydrogens is 258 g/mol. The van der Waals surface area contributed by atoms with Crippen LogP contribution < -0.4 is 0 Å². The van der Waals surface area contributed by atoms with Crippen LogP contribution in [0, 0.1) is 0 Å². The molecule has 0 aromatic rings.